The summed E-state index contributed by atoms with van der Waals surface area (Å²) in [6.07, 6.45) is 1.26. The molecule has 1 unspecified atom stereocenters. The minimum atomic E-state index is 0.739. The van der Waals surface area contributed by atoms with Crippen LogP contribution in [0.1, 0.15) is 37.0 Å². The zero-order valence-corrected chi connectivity index (χ0v) is 12.9. The van der Waals surface area contributed by atoms with E-state index in [2.05, 4.69) is 47.2 Å². The zero-order valence-electron chi connectivity index (χ0n) is 12.9. The minimum absolute atomic E-state index is 0.739. The maximum Gasteiger partial charge on any atom is 0.0234 e. The lowest BCUT2D eigenvalue weighted by Crippen LogP contribution is -2.48. The highest BCUT2D eigenvalue weighted by Crippen LogP contribution is 2.19. The summed E-state index contributed by atoms with van der Waals surface area (Å²) >= 11 is 0. The molecule has 2 aliphatic heterocycles. The van der Waals surface area contributed by atoms with E-state index in [1.165, 1.54) is 49.3 Å². The van der Waals surface area contributed by atoms with Gasteiger partial charge in [-0.25, -0.2) is 0 Å². The molecule has 1 fully saturated rings. The normalized spacial score (nSPS) is 21.9. The van der Waals surface area contributed by atoms with Crippen molar-refractivity contribution in [1.82, 2.24) is 15.1 Å². The molecule has 3 rings (SSSR count). The molecule has 0 radical (unpaired) electrons. The van der Waals surface area contributed by atoms with Gasteiger partial charge in [-0.2, -0.15) is 0 Å². The van der Waals surface area contributed by atoms with Gasteiger partial charge < -0.3 is 5.32 Å². The molecule has 1 aromatic carbocycles. The number of piperazine rings is 1. The first-order valence-corrected chi connectivity index (χ1v) is 8.04. The second-order valence-corrected chi connectivity index (χ2v) is 6.28. The van der Waals surface area contributed by atoms with Crippen LogP contribution in [-0.2, 0) is 19.6 Å². The molecule has 0 aromatic heterocycles. The van der Waals surface area contributed by atoms with Crippen LogP contribution in [0.3, 0.4) is 0 Å². The maximum atomic E-state index is 3.42. The molecule has 1 atom stereocenters. The monoisotopic (exact) mass is 273 g/mol. The van der Waals surface area contributed by atoms with E-state index in [4.69, 9.17) is 0 Å². The minimum Gasteiger partial charge on any atom is -0.309 e. The van der Waals surface area contributed by atoms with Gasteiger partial charge in [0.15, 0.2) is 0 Å². The fourth-order valence-corrected chi connectivity index (χ4v) is 3.33. The molecule has 0 bridgehead atoms. The Bertz CT molecular complexity index is 450. The standard InChI is InChI=1S/C17H27N3/c1-3-14(2)20-8-6-19(7-9-20)13-15-4-5-16-11-18-12-17(16)10-15/h4-5,10,14,18H,3,6-9,11-13H2,1-2H3. The number of hydrogen-bond donors (Lipinski definition) is 1. The van der Waals surface area contributed by atoms with E-state index < -0.39 is 0 Å². The summed E-state index contributed by atoms with van der Waals surface area (Å²) in [5, 5.41) is 3.42. The second kappa shape index (κ2) is 6.25. The molecule has 0 aliphatic carbocycles. The topological polar surface area (TPSA) is 18.5 Å². The van der Waals surface area contributed by atoms with Crippen molar-refractivity contribution in [1.29, 1.82) is 0 Å². The average Bonchev–Trinajstić information content (AvgIpc) is 2.95. The Kier molecular flexibility index (Phi) is 4.39. The van der Waals surface area contributed by atoms with Gasteiger partial charge >= 0.3 is 0 Å². The molecular weight excluding hydrogens is 246 g/mol. The Labute approximate surface area is 123 Å². The smallest absolute Gasteiger partial charge is 0.0234 e. The number of nitrogens with zero attached hydrogens (tertiary/aromatic N) is 2. The number of benzene rings is 1. The SMILES string of the molecule is CCC(C)N1CCN(Cc2ccc3c(c2)CNC3)CC1. The third kappa shape index (κ3) is 3.05. The zero-order chi connectivity index (χ0) is 13.9. The van der Waals surface area contributed by atoms with E-state index >= 15 is 0 Å². The molecule has 110 valence electrons. The summed E-state index contributed by atoms with van der Waals surface area (Å²) in [6, 6.07) is 7.76. The van der Waals surface area contributed by atoms with E-state index in [1.807, 2.05) is 0 Å². The maximum absolute atomic E-state index is 3.42. The van der Waals surface area contributed by atoms with Gasteiger partial charge in [-0.05, 0) is 30.0 Å². The van der Waals surface area contributed by atoms with Crippen LogP contribution in [0, 0.1) is 0 Å². The van der Waals surface area contributed by atoms with Crippen molar-refractivity contribution >= 4 is 0 Å². The highest BCUT2D eigenvalue weighted by molar-refractivity contribution is 5.34. The molecule has 2 heterocycles. The summed E-state index contributed by atoms with van der Waals surface area (Å²) in [7, 11) is 0. The van der Waals surface area contributed by atoms with Crippen LogP contribution in [0.15, 0.2) is 18.2 Å². The fourth-order valence-electron chi connectivity index (χ4n) is 3.33. The average molecular weight is 273 g/mol. The molecule has 0 amide bonds. The first kappa shape index (κ1) is 14.1. The van der Waals surface area contributed by atoms with E-state index in [0.29, 0.717) is 0 Å². The molecule has 20 heavy (non-hydrogen) atoms. The largest absolute Gasteiger partial charge is 0.309 e. The van der Waals surface area contributed by atoms with Crippen molar-refractivity contribution in [3.8, 4) is 0 Å². The third-order valence-electron chi connectivity index (χ3n) is 4.93. The molecule has 1 aromatic rings. The lowest BCUT2D eigenvalue weighted by molar-refractivity contribution is 0.0963. The molecule has 3 heteroatoms. The Morgan fingerprint density at radius 2 is 1.85 bits per heavy atom. The molecule has 0 spiro atoms. The summed E-state index contributed by atoms with van der Waals surface area (Å²) < 4.78 is 0. The number of rotatable bonds is 4. The second-order valence-electron chi connectivity index (χ2n) is 6.28. The lowest BCUT2D eigenvalue weighted by Gasteiger charge is -2.37. The Morgan fingerprint density at radius 1 is 1.10 bits per heavy atom. The number of fused-ring (bicyclic) bond motifs is 1. The van der Waals surface area contributed by atoms with Crippen LogP contribution in [0.2, 0.25) is 0 Å². The van der Waals surface area contributed by atoms with Crippen molar-refractivity contribution in [3.05, 3.63) is 34.9 Å². The quantitative estimate of drug-likeness (QED) is 0.907. The van der Waals surface area contributed by atoms with Gasteiger partial charge in [-0.3, -0.25) is 9.80 Å². The Hall–Kier alpha value is -0.900. The number of nitrogens with one attached hydrogen (secondary N) is 1. The van der Waals surface area contributed by atoms with Gasteiger partial charge in [0.1, 0.15) is 0 Å². The van der Waals surface area contributed by atoms with Gasteiger partial charge in [0.2, 0.25) is 0 Å². The van der Waals surface area contributed by atoms with Crippen molar-refractivity contribution in [2.75, 3.05) is 26.2 Å². The van der Waals surface area contributed by atoms with E-state index in [1.54, 1.807) is 0 Å². The van der Waals surface area contributed by atoms with Crippen LogP contribution in [0.25, 0.3) is 0 Å². The lowest BCUT2D eigenvalue weighted by atomic mass is 10.1. The van der Waals surface area contributed by atoms with E-state index in [-0.39, 0.29) is 0 Å². The summed E-state index contributed by atoms with van der Waals surface area (Å²) in [5.41, 5.74) is 4.46. The Balaban J connectivity index is 1.55. The first-order valence-electron chi connectivity index (χ1n) is 8.04. The Morgan fingerprint density at radius 3 is 2.60 bits per heavy atom. The molecule has 0 saturated carbocycles. The summed E-state index contributed by atoms with van der Waals surface area (Å²) in [4.78, 5) is 5.23. The van der Waals surface area contributed by atoms with Crippen LogP contribution in [0.5, 0.6) is 0 Å². The first-order chi connectivity index (χ1) is 9.76. The number of hydrogen-bond acceptors (Lipinski definition) is 3. The highest BCUT2D eigenvalue weighted by atomic mass is 15.3. The molecule has 3 nitrogen and oxygen atoms in total. The van der Waals surface area contributed by atoms with Crippen LogP contribution in [-0.4, -0.2) is 42.0 Å². The van der Waals surface area contributed by atoms with Crippen LogP contribution >= 0.6 is 0 Å². The van der Waals surface area contributed by atoms with Crippen molar-refractivity contribution < 1.29 is 0 Å². The summed E-state index contributed by atoms with van der Waals surface area (Å²) in [6.45, 7) is 12.7. The summed E-state index contributed by atoms with van der Waals surface area (Å²) in [5.74, 6) is 0. The predicted octanol–water partition coefficient (Wildman–Crippen LogP) is 2.21. The van der Waals surface area contributed by atoms with Crippen LogP contribution < -0.4 is 5.32 Å². The van der Waals surface area contributed by atoms with E-state index in [9.17, 15) is 0 Å². The highest BCUT2D eigenvalue weighted by Gasteiger charge is 2.20. The van der Waals surface area contributed by atoms with Crippen molar-refractivity contribution in [3.63, 3.8) is 0 Å². The van der Waals surface area contributed by atoms with Gasteiger partial charge in [0.05, 0.1) is 0 Å². The predicted molar refractivity (Wildman–Crippen MR) is 83.6 cm³/mol. The van der Waals surface area contributed by atoms with Crippen LogP contribution in [0.4, 0.5) is 0 Å². The van der Waals surface area contributed by atoms with Gasteiger partial charge in [-0.1, -0.05) is 25.1 Å². The molecular formula is C17H27N3. The third-order valence-corrected chi connectivity index (χ3v) is 4.93. The van der Waals surface area contributed by atoms with Crippen molar-refractivity contribution in [2.24, 2.45) is 0 Å². The molecule has 1 N–H and O–H groups in total. The van der Waals surface area contributed by atoms with Gasteiger partial charge in [-0.15, -0.1) is 0 Å². The molecule has 2 aliphatic rings. The fraction of sp³-hybridized carbons (Fsp3) is 0.647. The van der Waals surface area contributed by atoms with Gasteiger partial charge in [0.25, 0.3) is 0 Å². The van der Waals surface area contributed by atoms with Crippen molar-refractivity contribution in [2.45, 2.75) is 45.9 Å². The van der Waals surface area contributed by atoms with Gasteiger partial charge in [0, 0.05) is 51.9 Å². The van der Waals surface area contributed by atoms with E-state index in [0.717, 1.165) is 25.7 Å². The molecule has 1 saturated heterocycles.